The van der Waals surface area contributed by atoms with E-state index in [-0.39, 0.29) is 0 Å². The smallest absolute Gasteiger partial charge is 0.150 e. The normalized spacial score (nSPS) is 10.5. The predicted molar refractivity (Wildman–Crippen MR) is 95.0 cm³/mol. The number of hydrogen-bond acceptors (Lipinski definition) is 2. The van der Waals surface area contributed by atoms with Crippen LogP contribution in [0.5, 0.6) is 11.5 Å². The van der Waals surface area contributed by atoms with E-state index in [1.54, 1.807) is 0 Å². The van der Waals surface area contributed by atoms with Crippen LogP contribution in [0, 0.1) is 0 Å². The molecule has 0 fully saturated rings. The van der Waals surface area contributed by atoms with Gasteiger partial charge in [0.05, 0.1) is 5.69 Å². The maximum absolute atomic E-state index is 6.11. The van der Waals surface area contributed by atoms with Crippen molar-refractivity contribution < 1.29 is 4.74 Å². The van der Waals surface area contributed by atoms with Crippen molar-refractivity contribution in [3.63, 3.8) is 0 Å². The average Bonchev–Trinajstić information content (AvgIpc) is 2.57. The highest BCUT2D eigenvalue weighted by Crippen LogP contribution is 2.32. The average molecular weight is 297 g/mol. The lowest BCUT2D eigenvalue weighted by Crippen LogP contribution is -2.25. The van der Waals surface area contributed by atoms with Crippen molar-refractivity contribution in [2.24, 2.45) is 0 Å². The zero-order valence-corrected chi connectivity index (χ0v) is 13.8. The molecule has 0 saturated carbocycles. The van der Waals surface area contributed by atoms with Crippen LogP contribution in [0.3, 0.4) is 0 Å². The van der Waals surface area contributed by atoms with E-state index in [0.717, 1.165) is 24.6 Å². The van der Waals surface area contributed by atoms with Crippen molar-refractivity contribution in [1.29, 1.82) is 0 Å². The first-order chi connectivity index (χ1) is 10.8. The van der Waals surface area contributed by atoms with Gasteiger partial charge < -0.3 is 9.64 Å². The number of rotatable bonds is 9. The van der Waals surface area contributed by atoms with Gasteiger partial charge in [-0.05, 0) is 37.1 Å². The summed E-state index contributed by atoms with van der Waals surface area (Å²) >= 11 is 0. The molecule has 0 aliphatic rings. The quantitative estimate of drug-likeness (QED) is 0.572. The Kier molecular flexibility index (Phi) is 6.82. The van der Waals surface area contributed by atoms with Gasteiger partial charge in [-0.2, -0.15) is 0 Å². The van der Waals surface area contributed by atoms with Crippen molar-refractivity contribution >= 4 is 5.69 Å². The summed E-state index contributed by atoms with van der Waals surface area (Å²) in [5.74, 6) is 1.83. The van der Waals surface area contributed by atoms with Crippen molar-refractivity contribution in [1.82, 2.24) is 0 Å². The predicted octanol–water partition coefficient (Wildman–Crippen LogP) is 5.89. The van der Waals surface area contributed by atoms with E-state index in [4.69, 9.17) is 4.74 Å². The molecule has 0 aromatic heterocycles. The first-order valence-electron chi connectivity index (χ1n) is 8.42. The largest absolute Gasteiger partial charge is 0.455 e. The minimum Gasteiger partial charge on any atom is -0.455 e. The molecule has 0 N–H and O–H groups in total. The summed E-state index contributed by atoms with van der Waals surface area (Å²) in [5.41, 5.74) is 1.20. The molecule has 0 aliphatic heterocycles. The van der Waals surface area contributed by atoms with Gasteiger partial charge in [0.25, 0.3) is 0 Å². The molecule has 0 spiro atoms. The van der Waals surface area contributed by atoms with Crippen LogP contribution >= 0.6 is 0 Å². The maximum atomic E-state index is 6.11. The van der Waals surface area contributed by atoms with Crippen LogP contribution in [0.25, 0.3) is 0 Å². The summed E-state index contributed by atoms with van der Waals surface area (Å²) in [7, 11) is 0. The van der Waals surface area contributed by atoms with Gasteiger partial charge in [-0.15, -0.1) is 0 Å². The SMILES string of the molecule is CCCCN(CCCC)c1ccccc1Oc1ccccc1. The Bertz CT molecular complexity index is 530. The highest BCUT2D eigenvalue weighted by molar-refractivity contribution is 5.59. The number of unbranched alkanes of at least 4 members (excludes halogenated alkanes) is 2. The summed E-state index contributed by atoms with van der Waals surface area (Å²) in [6, 6.07) is 18.4. The molecular formula is C20H27NO. The first kappa shape index (κ1) is 16.4. The fourth-order valence-electron chi connectivity index (χ4n) is 2.47. The molecule has 0 atom stereocenters. The topological polar surface area (TPSA) is 12.5 Å². The molecule has 2 aromatic rings. The molecule has 0 unspecified atom stereocenters. The molecule has 0 saturated heterocycles. The van der Waals surface area contributed by atoms with E-state index in [9.17, 15) is 0 Å². The van der Waals surface area contributed by atoms with Gasteiger partial charge in [0.15, 0.2) is 5.75 Å². The zero-order chi connectivity index (χ0) is 15.6. The van der Waals surface area contributed by atoms with Gasteiger partial charge in [0.2, 0.25) is 0 Å². The Hall–Kier alpha value is -1.96. The molecule has 0 radical (unpaired) electrons. The Morgan fingerprint density at radius 2 is 1.36 bits per heavy atom. The lowest BCUT2D eigenvalue weighted by Gasteiger charge is -2.26. The van der Waals surface area contributed by atoms with Crippen LogP contribution in [0.1, 0.15) is 39.5 Å². The van der Waals surface area contributed by atoms with E-state index in [1.165, 1.54) is 31.4 Å². The van der Waals surface area contributed by atoms with E-state index < -0.39 is 0 Å². The summed E-state index contributed by atoms with van der Waals surface area (Å²) in [6.45, 7) is 6.66. The van der Waals surface area contributed by atoms with Crippen LogP contribution < -0.4 is 9.64 Å². The van der Waals surface area contributed by atoms with Crippen molar-refractivity contribution in [2.75, 3.05) is 18.0 Å². The van der Waals surface area contributed by atoms with Crippen molar-refractivity contribution in [3.8, 4) is 11.5 Å². The second-order valence-electron chi connectivity index (χ2n) is 5.58. The van der Waals surface area contributed by atoms with E-state index >= 15 is 0 Å². The minimum atomic E-state index is 0.890. The number of ether oxygens (including phenoxy) is 1. The molecule has 0 heterocycles. The van der Waals surface area contributed by atoms with Gasteiger partial charge in [0.1, 0.15) is 5.75 Å². The molecular weight excluding hydrogens is 270 g/mol. The molecule has 2 heteroatoms. The molecule has 2 nitrogen and oxygen atoms in total. The highest BCUT2D eigenvalue weighted by Gasteiger charge is 2.12. The molecule has 0 bridgehead atoms. The van der Waals surface area contributed by atoms with Crippen LogP contribution in [0.15, 0.2) is 54.6 Å². The fourth-order valence-corrected chi connectivity index (χ4v) is 2.47. The second-order valence-corrected chi connectivity index (χ2v) is 5.58. The zero-order valence-electron chi connectivity index (χ0n) is 13.8. The Morgan fingerprint density at radius 1 is 0.773 bits per heavy atom. The third kappa shape index (κ3) is 4.80. The minimum absolute atomic E-state index is 0.890. The van der Waals surface area contributed by atoms with Gasteiger partial charge in [-0.3, -0.25) is 0 Å². The molecule has 0 amide bonds. The summed E-state index contributed by atoms with van der Waals surface area (Å²) in [4.78, 5) is 2.46. The molecule has 0 aliphatic carbocycles. The van der Waals surface area contributed by atoms with Crippen molar-refractivity contribution in [2.45, 2.75) is 39.5 Å². The molecule has 2 rings (SSSR count). The van der Waals surface area contributed by atoms with E-state index in [1.807, 2.05) is 36.4 Å². The summed E-state index contributed by atoms with van der Waals surface area (Å²) < 4.78 is 6.11. The second kappa shape index (κ2) is 9.14. The van der Waals surface area contributed by atoms with Gasteiger partial charge in [0, 0.05) is 13.1 Å². The first-order valence-corrected chi connectivity index (χ1v) is 8.42. The molecule has 22 heavy (non-hydrogen) atoms. The Balaban J connectivity index is 2.19. The van der Waals surface area contributed by atoms with Crippen LogP contribution in [0.4, 0.5) is 5.69 Å². The van der Waals surface area contributed by atoms with Crippen LogP contribution in [-0.2, 0) is 0 Å². The number of para-hydroxylation sites is 3. The van der Waals surface area contributed by atoms with Crippen LogP contribution in [-0.4, -0.2) is 13.1 Å². The summed E-state index contributed by atoms with van der Waals surface area (Å²) in [6.07, 6.45) is 4.85. The standard InChI is InChI=1S/C20H27NO/c1-3-5-16-21(17-6-4-2)19-14-10-11-15-20(19)22-18-12-8-7-9-13-18/h7-15H,3-6,16-17H2,1-2H3. The van der Waals surface area contributed by atoms with E-state index in [0.29, 0.717) is 0 Å². The van der Waals surface area contributed by atoms with Gasteiger partial charge >= 0.3 is 0 Å². The molecule has 118 valence electrons. The third-order valence-corrected chi connectivity index (χ3v) is 3.74. The van der Waals surface area contributed by atoms with Crippen molar-refractivity contribution in [3.05, 3.63) is 54.6 Å². The third-order valence-electron chi connectivity index (χ3n) is 3.74. The number of nitrogens with zero attached hydrogens (tertiary/aromatic N) is 1. The van der Waals surface area contributed by atoms with E-state index in [2.05, 4.69) is 36.9 Å². The van der Waals surface area contributed by atoms with Gasteiger partial charge in [-0.1, -0.05) is 57.0 Å². The maximum Gasteiger partial charge on any atom is 0.150 e. The lowest BCUT2D eigenvalue weighted by atomic mass is 10.2. The molecule has 2 aromatic carbocycles. The monoisotopic (exact) mass is 297 g/mol. The number of anilines is 1. The number of benzene rings is 2. The fraction of sp³-hybridized carbons (Fsp3) is 0.400. The lowest BCUT2D eigenvalue weighted by molar-refractivity contribution is 0.480. The Morgan fingerprint density at radius 3 is 2.00 bits per heavy atom. The summed E-state index contributed by atoms with van der Waals surface area (Å²) in [5, 5.41) is 0. The van der Waals surface area contributed by atoms with Gasteiger partial charge in [-0.25, -0.2) is 0 Å². The van der Waals surface area contributed by atoms with Crippen LogP contribution in [0.2, 0.25) is 0 Å². The number of hydrogen-bond donors (Lipinski definition) is 0. The Labute approximate surface area is 134 Å². The highest BCUT2D eigenvalue weighted by atomic mass is 16.5.